The molecule has 5 heterocycles. The van der Waals surface area contributed by atoms with E-state index in [0.717, 1.165) is 77.4 Å². The molecule has 5 aliphatic heterocycles. The Labute approximate surface area is 368 Å². The highest BCUT2D eigenvalue weighted by atomic mass is 16.6. The Balaban J connectivity index is 1.27. The fourth-order valence-corrected chi connectivity index (χ4v) is 16.5. The summed E-state index contributed by atoms with van der Waals surface area (Å²) in [5.41, 5.74) is 13.8. The number of hydrogen-bond acceptors (Lipinski definition) is 12. The molecule has 5 saturated heterocycles. The molecular weight excluding hydrogens is 791 g/mol. The van der Waals surface area contributed by atoms with Crippen LogP contribution >= 0.6 is 0 Å². The average molecular weight is 872 g/mol. The van der Waals surface area contributed by atoms with Gasteiger partial charge in [-0.25, -0.2) is 4.79 Å². The van der Waals surface area contributed by atoms with Crippen molar-refractivity contribution in [2.24, 2.45) is 94.3 Å². The van der Waals surface area contributed by atoms with E-state index in [-0.39, 0.29) is 91.1 Å². The summed E-state index contributed by atoms with van der Waals surface area (Å²) in [7, 11) is 1.99. The van der Waals surface area contributed by atoms with Crippen molar-refractivity contribution in [2.45, 2.75) is 152 Å². The Hall–Kier alpha value is -1.56. The number of fused-ring (bicyclic) bond motifs is 9. The Morgan fingerprint density at radius 2 is 1.68 bits per heavy atom. The fourth-order valence-electron chi connectivity index (χ4n) is 16.5. The molecule has 9 fully saturated rings. The first kappa shape index (κ1) is 45.6. The molecule has 23 atom stereocenters. The monoisotopic (exact) mass is 872 g/mol. The Bertz CT molecular complexity index is 1640. The first-order valence-corrected chi connectivity index (χ1v) is 25.1. The van der Waals surface area contributed by atoms with Gasteiger partial charge in [0.25, 0.3) is 0 Å². The van der Waals surface area contributed by atoms with E-state index in [1.54, 1.807) is 0 Å². The minimum atomic E-state index is -1.12. The molecule has 14 nitrogen and oxygen atoms in total. The van der Waals surface area contributed by atoms with Crippen molar-refractivity contribution in [1.82, 2.24) is 5.32 Å². The number of esters is 1. The third-order valence-corrected chi connectivity index (χ3v) is 19.3. The molecule has 4 aliphatic carbocycles. The van der Waals surface area contributed by atoms with Crippen molar-refractivity contribution in [1.29, 1.82) is 0 Å². The minimum absolute atomic E-state index is 0.00974. The molecule has 0 amide bonds. The summed E-state index contributed by atoms with van der Waals surface area (Å²) in [6, 6.07) is 0. The third kappa shape index (κ3) is 7.98. The van der Waals surface area contributed by atoms with E-state index in [2.05, 4.69) is 22.9 Å². The number of nitrogens with two attached hydrogens (primary N) is 4. The molecule has 9 rings (SSSR count). The molecule has 0 radical (unpaired) electrons. The van der Waals surface area contributed by atoms with Gasteiger partial charge in [-0.15, -0.1) is 0 Å². The van der Waals surface area contributed by atoms with Gasteiger partial charge in [0.2, 0.25) is 0 Å². The summed E-state index contributed by atoms with van der Waals surface area (Å²) < 4.78 is 21.8. The molecular formula is C48H81N5O9+2. The number of ketones is 1. The molecule has 4 saturated carbocycles. The quantitative estimate of drug-likeness (QED) is 0.119. The summed E-state index contributed by atoms with van der Waals surface area (Å²) in [4.78, 5) is 29.0. The maximum atomic E-state index is 14.5. The van der Waals surface area contributed by atoms with Gasteiger partial charge in [0.1, 0.15) is 23.7 Å². The summed E-state index contributed by atoms with van der Waals surface area (Å²) in [6.07, 6.45) is 7.19. The molecule has 4 bridgehead atoms. The highest BCUT2D eigenvalue weighted by molar-refractivity contribution is 5.88. The zero-order chi connectivity index (χ0) is 43.6. The van der Waals surface area contributed by atoms with Crippen LogP contribution in [0.2, 0.25) is 0 Å². The van der Waals surface area contributed by atoms with E-state index in [9.17, 15) is 30.0 Å². The van der Waals surface area contributed by atoms with Crippen LogP contribution in [0.5, 0.6) is 0 Å². The van der Waals surface area contributed by atoms with Crippen molar-refractivity contribution in [3.63, 3.8) is 0 Å². The van der Waals surface area contributed by atoms with Crippen LogP contribution in [-0.4, -0.2) is 127 Å². The van der Waals surface area contributed by atoms with Crippen LogP contribution in [0.15, 0.2) is 11.6 Å². The fraction of sp³-hybridized carbons (Fsp3) is 0.917. The smallest absolute Gasteiger partial charge is 0.334 e. The zero-order valence-electron chi connectivity index (χ0n) is 37.6. The van der Waals surface area contributed by atoms with Gasteiger partial charge in [0, 0.05) is 49.2 Å². The van der Waals surface area contributed by atoms with Gasteiger partial charge in [-0.3, -0.25) is 10.5 Å². The predicted octanol–water partition coefficient (Wildman–Crippen LogP) is -0.246. The van der Waals surface area contributed by atoms with Gasteiger partial charge in [-0.05, 0) is 144 Å². The first-order chi connectivity index (χ1) is 29.9. The number of aliphatic hydroxyl groups excluding tert-OH is 4. The number of carbonyl (C=O) groups excluding carboxylic acids is 2. The van der Waals surface area contributed by atoms with Crippen molar-refractivity contribution >= 4 is 11.8 Å². The largest absolute Gasteiger partial charge is 0.456 e. The van der Waals surface area contributed by atoms with Crippen LogP contribution in [0.4, 0.5) is 0 Å². The van der Waals surface area contributed by atoms with Gasteiger partial charge >= 0.3 is 5.97 Å². The molecule has 0 aromatic carbocycles. The number of aliphatic hydroxyl groups is 4. The molecule has 9 aliphatic rings. The lowest BCUT2D eigenvalue weighted by atomic mass is 9.49. The number of quaternary nitrogens is 2. The van der Waals surface area contributed by atoms with Gasteiger partial charge in [-0.2, -0.15) is 0 Å². The molecule has 14 heteroatoms. The van der Waals surface area contributed by atoms with E-state index in [0.29, 0.717) is 42.6 Å². The number of hydrogen-bond donors (Lipinski definition) is 9. The number of ether oxygens (including phenoxy) is 3. The van der Waals surface area contributed by atoms with Crippen molar-refractivity contribution in [3.8, 4) is 0 Å². The number of allylic oxidation sites excluding steroid dienone is 1. The number of Topliss-reactive ketones (excluding diaryl/α,β-unsaturated/α-hetero) is 1. The zero-order valence-corrected chi connectivity index (χ0v) is 37.6. The van der Waals surface area contributed by atoms with Crippen molar-refractivity contribution < 1.29 is 54.9 Å². The standard InChI is InChI=1S/C48H79N5O9/c1-4-23(11-13-51-3)47(59)61-37-19-33-43(58)41-36(57)18-28(21-54)60-45(41)42-39-31-12-14-52-46(50)40(31)30(10-6-24-5-8-27(56)17-32(24)34(39)22-55)29-9-7-25-16-38(49)53-20-26(25)15-35(29)48(37,2)62-44(33)42/h4,24-35,37-46,51-56,58H,5-22,49-50H2,1-3H3/p+2. The second kappa shape index (κ2) is 18.6. The van der Waals surface area contributed by atoms with E-state index in [1.807, 2.05) is 20.0 Å². The van der Waals surface area contributed by atoms with E-state index >= 15 is 0 Å². The Kier molecular flexibility index (Phi) is 13.7. The lowest BCUT2D eigenvalue weighted by Gasteiger charge is -2.64. The summed E-state index contributed by atoms with van der Waals surface area (Å²) >= 11 is 0. The second-order valence-electron chi connectivity index (χ2n) is 22.0. The highest BCUT2D eigenvalue weighted by Gasteiger charge is 2.68. The normalized spacial score (nSPS) is 51.7. The molecule has 62 heavy (non-hydrogen) atoms. The minimum Gasteiger partial charge on any atom is -0.456 e. The van der Waals surface area contributed by atoms with E-state index in [4.69, 9.17) is 25.7 Å². The van der Waals surface area contributed by atoms with Gasteiger partial charge < -0.3 is 56.3 Å². The van der Waals surface area contributed by atoms with Gasteiger partial charge in [0.15, 0.2) is 0 Å². The maximum Gasteiger partial charge on any atom is 0.334 e. The van der Waals surface area contributed by atoms with Crippen LogP contribution in [0, 0.1) is 82.9 Å². The molecule has 0 aromatic heterocycles. The molecule has 23 unspecified atom stereocenters. The Morgan fingerprint density at radius 1 is 0.903 bits per heavy atom. The number of nitrogens with one attached hydrogen (secondary N) is 1. The topological polar surface area (TPSA) is 240 Å². The summed E-state index contributed by atoms with van der Waals surface area (Å²) in [5.74, 6) is -1.09. The molecule has 13 N–H and O–H groups in total. The van der Waals surface area contributed by atoms with Crippen LogP contribution in [0.3, 0.4) is 0 Å². The van der Waals surface area contributed by atoms with E-state index < -0.39 is 60.0 Å². The molecule has 0 spiro atoms. The first-order valence-electron chi connectivity index (χ1n) is 25.1. The van der Waals surface area contributed by atoms with Crippen LogP contribution in [0.25, 0.3) is 0 Å². The van der Waals surface area contributed by atoms with Crippen molar-refractivity contribution in [2.75, 3.05) is 39.9 Å². The summed E-state index contributed by atoms with van der Waals surface area (Å²) in [5, 5.41) is 54.8. The van der Waals surface area contributed by atoms with E-state index in [1.165, 1.54) is 0 Å². The predicted molar refractivity (Wildman–Crippen MR) is 229 cm³/mol. The van der Waals surface area contributed by atoms with Crippen LogP contribution < -0.4 is 27.4 Å². The lowest BCUT2D eigenvalue weighted by molar-refractivity contribution is -0.706. The Morgan fingerprint density at radius 3 is 2.44 bits per heavy atom. The maximum absolute atomic E-state index is 14.5. The SMILES string of the molecule is CC=C(CC[NH2+]C)C(=O)OC1CC2C(O)C3C(=O)CC(CO)OC3C3C2OC1(C)C1CC2C[NH2+]C(N)CC2CCC1C1CCC2CCC(O)CC2C(CO)C3C2CCNC(N)C12. The lowest BCUT2D eigenvalue weighted by Crippen LogP contribution is -2.96. The molecule has 0 aromatic rings. The van der Waals surface area contributed by atoms with Crippen LogP contribution in [-0.2, 0) is 23.8 Å². The third-order valence-electron chi connectivity index (χ3n) is 19.3. The second-order valence-corrected chi connectivity index (χ2v) is 22.0. The number of rotatable bonds is 7. The van der Waals surface area contributed by atoms with Crippen LogP contribution in [0.1, 0.15) is 97.3 Å². The summed E-state index contributed by atoms with van der Waals surface area (Å²) in [6.45, 7) is 6.11. The van der Waals surface area contributed by atoms with Crippen molar-refractivity contribution in [3.05, 3.63) is 11.6 Å². The van der Waals surface area contributed by atoms with Gasteiger partial charge in [0.05, 0.1) is 69.3 Å². The average Bonchev–Trinajstić information content (AvgIpc) is 3.41. The van der Waals surface area contributed by atoms with Gasteiger partial charge in [-0.1, -0.05) is 6.08 Å². The molecule has 350 valence electrons. The number of carbonyl (C=O) groups is 2. The number of piperidine rings is 2. The highest BCUT2D eigenvalue weighted by Crippen LogP contribution is 2.63.